The lowest BCUT2D eigenvalue weighted by atomic mass is 10.2. The Hall–Kier alpha value is -1.62. The summed E-state index contributed by atoms with van der Waals surface area (Å²) in [6.45, 7) is 5.54. The van der Waals surface area contributed by atoms with Crippen LogP contribution in [-0.4, -0.2) is 16.5 Å². The first kappa shape index (κ1) is 13.8. The molecule has 0 saturated carbocycles. The topological polar surface area (TPSA) is 49.8 Å². The predicted molar refractivity (Wildman–Crippen MR) is 82.4 cm³/mol. The molecule has 0 fully saturated rings. The molecule has 5 heteroatoms. The third-order valence-electron chi connectivity index (χ3n) is 2.55. The molecule has 0 aliphatic heterocycles. The first-order valence-corrected chi connectivity index (χ1v) is 7.04. The molecule has 1 aromatic heterocycles. The maximum Gasteiger partial charge on any atom is 0.224 e. The van der Waals surface area contributed by atoms with E-state index in [0.29, 0.717) is 5.95 Å². The molecule has 0 aliphatic carbocycles. The summed E-state index contributed by atoms with van der Waals surface area (Å²) in [6, 6.07) is 10.2. The average molecular weight is 321 g/mol. The van der Waals surface area contributed by atoms with Crippen LogP contribution in [0.5, 0.6) is 0 Å². The Morgan fingerprint density at radius 1 is 1.16 bits per heavy atom. The van der Waals surface area contributed by atoms with Crippen LogP contribution in [0.25, 0.3) is 0 Å². The number of aromatic nitrogens is 2. The summed E-state index contributed by atoms with van der Waals surface area (Å²) in [5.41, 5.74) is 2.15. The highest BCUT2D eigenvalue weighted by Gasteiger charge is 2.01. The van der Waals surface area contributed by atoms with Crippen molar-refractivity contribution in [3.8, 4) is 0 Å². The van der Waals surface area contributed by atoms with Gasteiger partial charge in [0.1, 0.15) is 5.82 Å². The van der Waals surface area contributed by atoms with Crippen LogP contribution in [0.4, 0.5) is 11.8 Å². The fourth-order valence-corrected chi connectivity index (χ4v) is 2.18. The van der Waals surface area contributed by atoms with Gasteiger partial charge in [0.2, 0.25) is 5.95 Å². The average Bonchev–Trinajstić information content (AvgIpc) is 2.36. The van der Waals surface area contributed by atoms with E-state index in [1.165, 1.54) is 5.56 Å². The summed E-state index contributed by atoms with van der Waals surface area (Å²) in [7, 11) is 0. The van der Waals surface area contributed by atoms with E-state index in [1.54, 1.807) is 0 Å². The molecule has 0 radical (unpaired) electrons. The zero-order valence-corrected chi connectivity index (χ0v) is 12.7. The number of hydrogen-bond donors (Lipinski definition) is 2. The van der Waals surface area contributed by atoms with Gasteiger partial charge in [-0.05, 0) is 31.5 Å². The Balaban J connectivity index is 2.06. The third kappa shape index (κ3) is 4.21. The van der Waals surface area contributed by atoms with Gasteiger partial charge in [-0.15, -0.1) is 0 Å². The largest absolute Gasteiger partial charge is 0.366 e. The zero-order valence-electron chi connectivity index (χ0n) is 11.1. The molecule has 0 aliphatic rings. The molecule has 0 saturated heterocycles. The molecule has 0 atom stereocenters. The van der Waals surface area contributed by atoms with Crippen molar-refractivity contribution < 1.29 is 0 Å². The number of anilines is 2. The first-order valence-electron chi connectivity index (χ1n) is 6.25. The van der Waals surface area contributed by atoms with Gasteiger partial charge in [-0.2, -0.15) is 4.98 Å². The third-order valence-corrected chi connectivity index (χ3v) is 3.05. The Morgan fingerprint density at radius 2 is 2.00 bits per heavy atom. The lowest BCUT2D eigenvalue weighted by molar-refractivity contribution is 1.03. The van der Waals surface area contributed by atoms with E-state index < -0.39 is 0 Å². The number of benzene rings is 1. The van der Waals surface area contributed by atoms with Crippen LogP contribution < -0.4 is 10.6 Å². The maximum atomic E-state index is 4.42. The van der Waals surface area contributed by atoms with E-state index in [2.05, 4.69) is 48.7 Å². The SMILES string of the molecule is CCNc1nc(C)cc(NCc2cccc(Br)c2)n1. The van der Waals surface area contributed by atoms with Crippen molar-refractivity contribution in [3.63, 3.8) is 0 Å². The van der Waals surface area contributed by atoms with Gasteiger partial charge in [-0.25, -0.2) is 4.98 Å². The second-order valence-electron chi connectivity index (χ2n) is 4.23. The highest BCUT2D eigenvalue weighted by Crippen LogP contribution is 2.14. The summed E-state index contributed by atoms with van der Waals surface area (Å²) < 4.78 is 1.08. The fraction of sp³-hybridized carbons (Fsp3) is 0.286. The zero-order chi connectivity index (χ0) is 13.7. The van der Waals surface area contributed by atoms with Gasteiger partial charge >= 0.3 is 0 Å². The van der Waals surface area contributed by atoms with Crippen LogP contribution in [0.3, 0.4) is 0 Å². The van der Waals surface area contributed by atoms with Gasteiger partial charge in [0.05, 0.1) is 0 Å². The monoisotopic (exact) mass is 320 g/mol. The molecular weight excluding hydrogens is 304 g/mol. The normalized spacial score (nSPS) is 10.3. The van der Waals surface area contributed by atoms with E-state index in [0.717, 1.165) is 29.1 Å². The quantitative estimate of drug-likeness (QED) is 0.883. The van der Waals surface area contributed by atoms with Crippen LogP contribution in [-0.2, 0) is 6.54 Å². The first-order chi connectivity index (χ1) is 9.17. The lowest BCUT2D eigenvalue weighted by Gasteiger charge is -2.09. The molecule has 2 rings (SSSR count). The molecule has 4 nitrogen and oxygen atoms in total. The summed E-state index contributed by atoms with van der Waals surface area (Å²) in [5, 5.41) is 6.44. The highest BCUT2D eigenvalue weighted by atomic mass is 79.9. The lowest BCUT2D eigenvalue weighted by Crippen LogP contribution is -2.07. The number of halogens is 1. The summed E-state index contributed by atoms with van der Waals surface area (Å²) >= 11 is 3.47. The van der Waals surface area contributed by atoms with Gasteiger partial charge < -0.3 is 10.6 Å². The van der Waals surface area contributed by atoms with Crippen molar-refractivity contribution in [3.05, 3.63) is 46.1 Å². The fourth-order valence-electron chi connectivity index (χ4n) is 1.74. The second-order valence-corrected chi connectivity index (χ2v) is 5.15. The molecule has 1 heterocycles. The van der Waals surface area contributed by atoms with E-state index in [1.807, 2.05) is 32.0 Å². The summed E-state index contributed by atoms with van der Waals surface area (Å²) in [5.74, 6) is 1.50. The van der Waals surface area contributed by atoms with Gasteiger partial charge in [0.15, 0.2) is 0 Å². The second kappa shape index (κ2) is 6.52. The number of aryl methyl sites for hydroxylation is 1. The van der Waals surface area contributed by atoms with E-state index in [9.17, 15) is 0 Å². The van der Waals surface area contributed by atoms with Crippen LogP contribution in [0.2, 0.25) is 0 Å². The van der Waals surface area contributed by atoms with Crippen LogP contribution in [0, 0.1) is 6.92 Å². The molecule has 100 valence electrons. The van der Waals surface area contributed by atoms with Crippen molar-refractivity contribution >= 4 is 27.7 Å². The predicted octanol–water partition coefficient (Wildman–Crippen LogP) is 3.59. The van der Waals surface area contributed by atoms with Crippen molar-refractivity contribution in [1.29, 1.82) is 0 Å². The van der Waals surface area contributed by atoms with Crippen LogP contribution in [0.15, 0.2) is 34.8 Å². The van der Waals surface area contributed by atoms with Crippen LogP contribution >= 0.6 is 15.9 Å². The molecule has 2 N–H and O–H groups in total. The number of nitrogens with zero attached hydrogens (tertiary/aromatic N) is 2. The number of nitrogens with one attached hydrogen (secondary N) is 2. The van der Waals surface area contributed by atoms with Crippen molar-refractivity contribution in [2.45, 2.75) is 20.4 Å². The highest BCUT2D eigenvalue weighted by molar-refractivity contribution is 9.10. The molecule has 0 spiro atoms. The molecule has 0 bridgehead atoms. The van der Waals surface area contributed by atoms with E-state index in [4.69, 9.17) is 0 Å². The number of hydrogen-bond acceptors (Lipinski definition) is 4. The Kier molecular flexibility index (Phi) is 4.74. The Bertz CT molecular complexity index is 557. The van der Waals surface area contributed by atoms with Gasteiger partial charge in [0, 0.05) is 29.3 Å². The minimum Gasteiger partial charge on any atom is -0.366 e. The van der Waals surface area contributed by atoms with Crippen molar-refractivity contribution in [2.24, 2.45) is 0 Å². The maximum absolute atomic E-state index is 4.42. The molecule has 1 aromatic carbocycles. The molecule has 19 heavy (non-hydrogen) atoms. The summed E-state index contributed by atoms with van der Waals surface area (Å²) in [4.78, 5) is 8.74. The van der Waals surface area contributed by atoms with Crippen molar-refractivity contribution in [2.75, 3.05) is 17.2 Å². The Morgan fingerprint density at radius 3 is 2.74 bits per heavy atom. The minimum atomic E-state index is 0.666. The van der Waals surface area contributed by atoms with Gasteiger partial charge in [0.25, 0.3) is 0 Å². The molecule has 2 aromatic rings. The van der Waals surface area contributed by atoms with Gasteiger partial charge in [-0.1, -0.05) is 28.1 Å². The van der Waals surface area contributed by atoms with Crippen molar-refractivity contribution in [1.82, 2.24) is 9.97 Å². The van der Waals surface area contributed by atoms with Crippen LogP contribution in [0.1, 0.15) is 18.2 Å². The standard InChI is InChI=1S/C14H17BrN4/c1-3-16-14-18-10(2)7-13(19-14)17-9-11-5-4-6-12(15)8-11/h4-8H,3,9H2,1-2H3,(H2,16,17,18,19). The molecule has 0 amide bonds. The minimum absolute atomic E-state index is 0.666. The van der Waals surface area contributed by atoms with E-state index in [-0.39, 0.29) is 0 Å². The summed E-state index contributed by atoms with van der Waals surface area (Å²) in [6.07, 6.45) is 0. The Labute approximate surface area is 121 Å². The molecular formula is C14H17BrN4. The smallest absolute Gasteiger partial charge is 0.224 e. The molecule has 0 unspecified atom stereocenters. The van der Waals surface area contributed by atoms with E-state index >= 15 is 0 Å². The number of rotatable bonds is 5. The van der Waals surface area contributed by atoms with Gasteiger partial charge in [-0.3, -0.25) is 0 Å².